The monoisotopic (exact) mass is 412 g/mol. The first kappa shape index (κ1) is 16.0. The van der Waals surface area contributed by atoms with Crippen LogP contribution in [0, 0.1) is 6.92 Å². The molecule has 0 fully saturated rings. The smallest absolute Gasteiger partial charge is 0.153 e. The molecule has 0 aliphatic carbocycles. The lowest BCUT2D eigenvalue weighted by Gasteiger charge is -2.12. The van der Waals surface area contributed by atoms with Crippen molar-refractivity contribution in [3.8, 4) is 11.5 Å². The van der Waals surface area contributed by atoms with E-state index in [1.165, 1.54) is 0 Å². The van der Waals surface area contributed by atoms with Crippen LogP contribution >= 0.6 is 31.9 Å². The third-order valence-electron chi connectivity index (χ3n) is 2.81. The normalized spacial score (nSPS) is 10.2. The molecular formula is C16H14Br2O3. The number of benzene rings is 2. The van der Waals surface area contributed by atoms with Crippen molar-refractivity contribution in [3.05, 3.63) is 56.5 Å². The van der Waals surface area contributed by atoms with E-state index in [0.29, 0.717) is 24.5 Å². The molecule has 0 aliphatic heterocycles. The molecule has 0 bridgehead atoms. The van der Waals surface area contributed by atoms with Gasteiger partial charge in [0.25, 0.3) is 0 Å². The van der Waals surface area contributed by atoms with Gasteiger partial charge in [-0.15, -0.1) is 0 Å². The zero-order valence-corrected chi connectivity index (χ0v) is 14.6. The summed E-state index contributed by atoms with van der Waals surface area (Å²) >= 11 is 6.73. The SMILES string of the molecule is Cc1cc(Br)cc(C=O)c1OCCOc1ccc(Br)cc1. The Kier molecular flexibility index (Phi) is 5.82. The molecule has 0 radical (unpaired) electrons. The first-order valence-electron chi connectivity index (χ1n) is 6.36. The van der Waals surface area contributed by atoms with Gasteiger partial charge in [-0.1, -0.05) is 31.9 Å². The maximum absolute atomic E-state index is 11.1. The van der Waals surface area contributed by atoms with Crippen LogP contribution in [-0.4, -0.2) is 19.5 Å². The third kappa shape index (κ3) is 4.58. The van der Waals surface area contributed by atoms with Crippen LogP contribution in [0.25, 0.3) is 0 Å². The van der Waals surface area contributed by atoms with Crippen LogP contribution in [0.15, 0.2) is 45.3 Å². The van der Waals surface area contributed by atoms with Gasteiger partial charge in [0.2, 0.25) is 0 Å². The quantitative estimate of drug-likeness (QED) is 0.504. The van der Waals surface area contributed by atoms with Gasteiger partial charge in [-0.3, -0.25) is 4.79 Å². The van der Waals surface area contributed by atoms with Crippen molar-refractivity contribution < 1.29 is 14.3 Å². The van der Waals surface area contributed by atoms with Gasteiger partial charge in [-0.2, -0.15) is 0 Å². The van der Waals surface area contributed by atoms with Crippen LogP contribution in [0.1, 0.15) is 15.9 Å². The fourth-order valence-corrected chi connectivity index (χ4v) is 2.73. The van der Waals surface area contributed by atoms with Crippen molar-refractivity contribution in [2.75, 3.05) is 13.2 Å². The largest absolute Gasteiger partial charge is 0.490 e. The second-order valence-corrected chi connectivity index (χ2v) is 6.24. The average molecular weight is 414 g/mol. The van der Waals surface area contributed by atoms with Crippen LogP contribution in [0.3, 0.4) is 0 Å². The number of carbonyl (C=O) groups is 1. The van der Waals surface area contributed by atoms with Gasteiger partial charge in [-0.25, -0.2) is 0 Å². The standard InChI is InChI=1S/C16H14Br2O3/c1-11-8-14(18)9-12(10-19)16(11)21-7-6-20-15-4-2-13(17)3-5-15/h2-5,8-10H,6-7H2,1H3. The number of aldehydes is 1. The highest BCUT2D eigenvalue weighted by Crippen LogP contribution is 2.26. The summed E-state index contributed by atoms with van der Waals surface area (Å²) in [5.41, 5.74) is 1.45. The summed E-state index contributed by atoms with van der Waals surface area (Å²) in [5.74, 6) is 1.39. The van der Waals surface area contributed by atoms with Gasteiger partial charge in [0.15, 0.2) is 6.29 Å². The number of aryl methyl sites for hydroxylation is 1. The third-order valence-corrected chi connectivity index (χ3v) is 3.79. The van der Waals surface area contributed by atoms with Crippen LogP contribution < -0.4 is 9.47 Å². The zero-order valence-electron chi connectivity index (χ0n) is 11.4. The number of hydrogen-bond donors (Lipinski definition) is 0. The lowest BCUT2D eigenvalue weighted by molar-refractivity contribution is 0.111. The molecule has 3 nitrogen and oxygen atoms in total. The Hall–Kier alpha value is -1.33. The number of halogens is 2. The Morgan fingerprint density at radius 2 is 1.67 bits per heavy atom. The van der Waals surface area contributed by atoms with Crippen molar-refractivity contribution in [2.24, 2.45) is 0 Å². The Morgan fingerprint density at radius 1 is 1.00 bits per heavy atom. The fraction of sp³-hybridized carbons (Fsp3) is 0.188. The van der Waals surface area contributed by atoms with Crippen molar-refractivity contribution in [1.82, 2.24) is 0 Å². The van der Waals surface area contributed by atoms with E-state index in [9.17, 15) is 4.79 Å². The molecule has 0 N–H and O–H groups in total. The maximum atomic E-state index is 11.1. The Bertz CT molecular complexity index is 624. The minimum absolute atomic E-state index is 0.374. The van der Waals surface area contributed by atoms with E-state index < -0.39 is 0 Å². The van der Waals surface area contributed by atoms with Crippen LogP contribution in [0.4, 0.5) is 0 Å². The lowest BCUT2D eigenvalue weighted by atomic mass is 10.1. The van der Waals surface area contributed by atoms with Crippen LogP contribution in [0.2, 0.25) is 0 Å². The number of carbonyl (C=O) groups excluding carboxylic acids is 1. The summed E-state index contributed by atoms with van der Waals surface area (Å²) in [4.78, 5) is 11.1. The van der Waals surface area contributed by atoms with Gasteiger partial charge >= 0.3 is 0 Å². The lowest BCUT2D eigenvalue weighted by Crippen LogP contribution is -2.10. The molecule has 21 heavy (non-hydrogen) atoms. The molecule has 0 spiro atoms. The Balaban J connectivity index is 1.91. The Morgan fingerprint density at radius 3 is 2.33 bits per heavy atom. The number of ether oxygens (including phenoxy) is 2. The summed E-state index contributed by atoms with van der Waals surface area (Å²) in [6.07, 6.45) is 0.794. The van der Waals surface area contributed by atoms with Gasteiger partial charge in [0, 0.05) is 8.95 Å². The molecule has 0 heterocycles. The zero-order chi connectivity index (χ0) is 15.2. The van der Waals surface area contributed by atoms with E-state index in [1.807, 2.05) is 37.3 Å². The van der Waals surface area contributed by atoms with Crippen molar-refractivity contribution in [1.29, 1.82) is 0 Å². The Labute approximate surface area is 140 Å². The summed E-state index contributed by atoms with van der Waals surface area (Å²) in [5, 5.41) is 0. The molecular weight excluding hydrogens is 400 g/mol. The highest BCUT2D eigenvalue weighted by atomic mass is 79.9. The fourth-order valence-electron chi connectivity index (χ4n) is 1.87. The molecule has 110 valence electrons. The molecule has 0 saturated carbocycles. The second kappa shape index (κ2) is 7.61. The van der Waals surface area contributed by atoms with Gasteiger partial charge in [-0.05, 0) is 48.9 Å². The van der Waals surface area contributed by atoms with E-state index in [4.69, 9.17) is 9.47 Å². The van der Waals surface area contributed by atoms with E-state index in [1.54, 1.807) is 6.07 Å². The van der Waals surface area contributed by atoms with E-state index in [2.05, 4.69) is 31.9 Å². The minimum Gasteiger partial charge on any atom is -0.490 e. The highest BCUT2D eigenvalue weighted by molar-refractivity contribution is 9.10. The maximum Gasteiger partial charge on any atom is 0.153 e. The molecule has 0 aliphatic rings. The molecule has 2 rings (SSSR count). The predicted molar refractivity (Wildman–Crippen MR) is 89.4 cm³/mol. The minimum atomic E-state index is 0.374. The van der Waals surface area contributed by atoms with Crippen LogP contribution in [-0.2, 0) is 0 Å². The second-order valence-electron chi connectivity index (χ2n) is 4.41. The number of rotatable bonds is 6. The number of hydrogen-bond acceptors (Lipinski definition) is 3. The molecule has 0 saturated heterocycles. The summed E-state index contributed by atoms with van der Waals surface area (Å²) in [7, 11) is 0. The molecule has 0 amide bonds. The summed E-state index contributed by atoms with van der Waals surface area (Å²) in [6.45, 7) is 2.69. The molecule has 2 aromatic carbocycles. The molecule has 2 aromatic rings. The first-order chi connectivity index (χ1) is 10.1. The van der Waals surface area contributed by atoms with Crippen molar-refractivity contribution in [3.63, 3.8) is 0 Å². The van der Waals surface area contributed by atoms with Crippen molar-refractivity contribution >= 4 is 38.1 Å². The predicted octanol–water partition coefficient (Wildman–Crippen LogP) is 4.79. The first-order valence-corrected chi connectivity index (χ1v) is 7.95. The van der Waals surface area contributed by atoms with E-state index in [0.717, 1.165) is 26.5 Å². The highest BCUT2D eigenvalue weighted by Gasteiger charge is 2.08. The van der Waals surface area contributed by atoms with E-state index in [-0.39, 0.29) is 0 Å². The van der Waals surface area contributed by atoms with Gasteiger partial charge in [0.1, 0.15) is 24.7 Å². The molecule has 0 atom stereocenters. The van der Waals surface area contributed by atoms with E-state index >= 15 is 0 Å². The van der Waals surface area contributed by atoms with Crippen LogP contribution in [0.5, 0.6) is 11.5 Å². The van der Waals surface area contributed by atoms with Gasteiger partial charge in [0.05, 0.1) is 5.56 Å². The summed E-state index contributed by atoms with van der Waals surface area (Å²) in [6, 6.07) is 11.2. The topological polar surface area (TPSA) is 35.5 Å². The molecule has 0 unspecified atom stereocenters. The van der Waals surface area contributed by atoms with Crippen molar-refractivity contribution in [2.45, 2.75) is 6.92 Å². The average Bonchev–Trinajstić information content (AvgIpc) is 2.46. The molecule has 0 aromatic heterocycles. The van der Waals surface area contributed by atoms with Gasteiger partial charge < -0.3 is 9.47 Å². The summed E-state index contributed by atoms with van der Waals surface area (Å²) < 4.78 is 13.1. The molecule has 5 heteroatoms.